The van der Waals surface area contributed by atoms with Crippen LogP contribution in [0.25, 0.3) is 0 Å². The van der Waals surface area contributed by atoms with Crippen molar-refractivity contribution in [2.24, 2.45) is 0 Å². The van der Waals surface area contributed by atoms with Gasteiger partial charge in [0.25, 0.3) is 0 Å². The van der Waals surface area contributed by atoms with Gasteiger partial charge in [0.2, 0.25) is 0 Å². The highest BCUT2D eigenvalue weighted by Gasteiger charge is 2.29. The summed E-state index contributed by atoms with van der Waals surface area (Å²) in [5.41, 5.74) is 2.11. The van der Waals surface area contributed by atoms with Crippen molar-refractivity contribution in [3.63, 3.8) is 0 Å². The molecule has 2 aromatic rings. The van der Waals surface area contributed by atoms with Crippen LogP contribution in [0.1, 0.15) is 5.56 Å². The number of aryl methyl sites for hydroxylation is 1. The lowest BCUT2D eigenvalue weighted by Crippen LogP contribution is -2.28. The van der Waals surface area contributed by atoms with Crippen molar-refractivity contribution in [2.75, 3.05) is 5.32 Å². The highest BCUT2D eigenvalue weighted by atomic mass is 35.5. The molecule has 2 aromatic carbocycles. The summed E-state index contributed by atoms with van der Waals surface area (Å²) in [6.45, 7) is -0.587. The number of rotatable bonds is 2. The van der Waals surface area contributed by atoms with Crippen LogP contribution >= 0.6 is 23.2 Å². The average molecular weight is 336 g/mol. The standard InChI is InChI=1S/C15H12BCl2NO3/c17-10-2-4-11(5-3-10)22-15(20)19-12-6-1-9-7-8-16(21)13(9)14(12)18/h1-6,21H,7-8H2,(H,19,20). The average Bonchev–Trinajstić information content (AvgIpc) is 2.87. The predicted octanol–water partition coefficient (Wildman–Crippen LogP) is 3.35. The Morgan fingerprint density at radius 3 is 2.64 bits per heavy atom. The fourth-order valence-corrected chi connectivity index (χ4v) is 2.97. The minimum absolute atomic E-state index is 0.357. The van der Waals surface area contributed by atoms with Crippen molar-refractivity contribution < 1.29 is 14.6 Å². The van der Waals surface area contributed by atoms with Gasteiger partial charge in [0.05, 0.1) is 10.7 Å². The molecule has 0 aliphatic carbocycles. The third-order valence-electron chi connectivity index (χ3n) is 3.55. The van der Waals surface area contributed by atoms with Crippen LogP contribution in [0.5, 0.6) is 5.75 Å². The summed E-state index contributed by atoms with van der Waals surface area (Å²) in [7, 11) is 0. The Bertz CT molecular complexity index is 721. The molecule has 1 heterocycles. The van der Waals surface area contributed by atoms with Crippen LogP contribution in [0.3, 0.4) is 0 Å². The van der Waals surface area contributed by atoms with Crippen LogP contribution in [0.15, 0.2) is 36.4 Å². The number of nitrogens with one attached hydrogen (secondary N) is 1. The molecule has 3 rings (SSSR count). The first kappa shape index (κ1) is 15.2. The van der Waals surface area contributed by atoms with Gasteiger partial charge in [0.1, 0.15) is 5.75 Å². The lowest BCUT2D eigenvalue weighted by atomic mass is 9.63. The molecule has 0 fully saturated rings. The second-order valence-electron chi connectivity index (χ2n) is 5.02. The van der Waals surface area contributed by atoms with Crippen LogP contribution in [0, 0.1) is 0 Å². The van der Waals surface area contributed by atoms with E-state index in [1.165, 1.54) is 0 Å². The number of anilines is 1. The van der Waals surface area contributed by atoms with Crippen molar-refractivity contribution >= 4 is 47.4 Å². The van der Waals surface area contributed by atoms with Crippen molar-refractivity contribution in [1.82, 2.24) is 0 Å². The quantitative estimate of drug-likeness (QED) is 0.827. The van der Waals surface area contributed by atoms with Gasteiger partial charge in [-0.1, -0.05) is 29.3 Å². The summed E-state index contributed by atoms with van der Waals surface area (Å²) in [6, 6.07) is 10.0. The zero-order chi connectivity index (χ0) is 15.7. The summed E-state index contributed by atoms with van der Waals surface area (Å²) >= 11 is 12.0. The molecule has 22 heavy (non-hydrogen) atoms. The Hall–Kier alpha value is -1.69. The largest absolute Gasteiger partial charge is 0.446 e. The number of fused-ring (bicyclic) bond motifs is 1. The Morgan fingerprint density at radius 2 is 1.91 bits per heavy atom. The topological polar surface area (TPSA) is 58.6 Å². The van der Waals surface area contributed by atoms with Crippen LogP contribution in [-0.4, -0.2) is 18.0 Å². The highest BCUT2D eigenvalue weighted by Crippen LogP contribution is 2.27. The minimum Gasteiger partial charge on any atom is -0.446 e. The first-order valence-electron chi connectivity index (χ1n) is 6.78. The molecule has 0 unspecified atom stereocenters. The molecule has 1 amide bonds. The molecule has 0 atom stereocenters. The molecule has 7 heteroatoms. The summed E-state index contributed by atoms with van der Waals surface area (Å²) in [5, 5.41) is 13.4. The predicted molar refractivity (Wildman–Crippen MR) is 88.7 cm³/mol. The lowest BCUT2D eigenvalue weighted by Gasteiger charge is -2.12. The van der Waals surface area contributed by atoms with E-state index in [2.05, 4.69) is 5.32 Å². The van der Waals surface area contributed by atoms with E-state index in [1.807, 2.05) is 6.07 Å². The van der Waals surface area contributed by atoms with E-state index in [9.17, 15) is 9.82 Å². The Labute approximate surface area is 138 Å². The van der Waals surface area contributed by atoms with Gasteiger partial charge in [0.15, 0.2) is 0 Å². The Kier molecular flexibility index (Phi) is 4.29. The zero-order valence-electron chi connectivity index (χ0n) is 11.5. The zero-order valence-corrected chi connectivity index (χ0v) is 13.0. The SMILES string of the molecule is O=C(Nc1ccc2c(c1Cl)B(O)CC2)Oc1ccc(Cl)cc1. The maximum Gasteiger partial charge on any atom is 0.417 e. The minimum atomic E-state index is -0.656. The number of halogens is 2. The molecule has 2 N–H and O–H groups in total. The molecular weight excluding hydrogens is 324 g/mol. The number of hydrogen-bond acceptors (Lipinski definition) is 3. The Balaban J connectivity index is 1.75. The van der Waals surface area contributed by atoms with Gasteiger partial charge in [-0.15, -0.1) is 0 Å². The summed E-state index contributed by atoms with van der Waals surface area (Å²) < 4.78 is 5.14. The number of amides is 1. The second-order valence-corrected chi connectivity index (χ2v) is 5.84. The number of ether oxygens (including phenoxy) is 1. The third kappa shape index (κ3) is 3.07. The molecule has 0 saturated carbocycles. The van der Waals surface area contributed by atoms with Gasteiger partial charge in [-0.3, -0.25) is 5.32 Å². The van der Waals surface area contributed by atoms with Gasteiger partial charge in [0, 0.05) is 5.02 Å². The van der Waals surface area contributed by atoms with Crippen molar-refractivity contribution in [3.8, 4) is 5.75 Å². The third-order valence-corrected chi connectivity index (χ3v) is 4.21. The Morgan fingerprint density at radius 1 is 1.18 bits per heavy atom. The first-order chi connectivity index (χ1) is 10.5. The molecule has 0 bridgehead atoms. The lowest BCUT2D eigenvalue weighted by molar-refractivity contribution is 0.215. The van der Waals surface area contributed by atoms with E-state index in [0.29, 0.717) is 33.3 Å². The monoisotopic (exact) mass is 335 g/mol. The maximum absolute atomic E-state index is 11.9. The molecule has 1 aliphatic rings. The fourth-order valence-electron chi connectivity index (χ4n) is 2.49. The van der Waals surface area contributed by atoms with Gasteiger partial charge in [-0.25, -0.2) is 4.79 Å². The summed E-state index contributed by atoms with van der Waals surface area (Å²) in [4.78, 5) is 11.9. The number of hydrogen-bond donors (Lipinski definition) is 2. The highest BCUT2D eigenvalue weighted by molar-refractivity contribution is 6.71. The van der Waals surface area contributed by atoms with Crippen molar-refractivity contribution in [2.45, 2.75) is 12.7 Å². The summed E-state index contributed by atoms with van der Waals surface area (Å²) in [6.07, 6.45) is 0.774. The van der Waals surface area contributed by atoms with E-state index < -0.39 is 13.0 Å². The van der Waals surface area contributed by atoms with Crippen molar-refractivity contribution in [1.29, 1.82) is 0 Å². The summed E-state index contributed by atoms with van der Waals surface area (Å²) in [5.74, 6) is 0.374. The second kappa shape index (κ2) is 6.20. The smallest absolute Gasteiger partial charge is 0.417 e. The van der Waals surface area contributed by atoms with E-state index in [4.69, 9.17) is 27.9 Å². The first-order valence-corrected chi connectivity index (χ1v) is 7.54. The molecule has 112 valence electrons. The van der Waals surface area contributed by atoms with Crippen molar-refractivity contribution in [3.05, 3.63) is 52.0 Å². The molecular formula is C15H12BCl2NO3. The van der Waals surface area contributed by atoms with Gasteiger partial charge in [-0.2, -0.15) is 0 Å². The van der Waals surface area contributed by atoms with Crippen LogP contribution < -0.4 is 15.5 Å². The van der Waals surface area contributed by atoms with Crippen LogP contribution in [-0.2, 0) is 6.42 Å². The number of benzene rings is 2. The van der Waals surface area contributed by atoms with E-state index in [1.54, 1.807) is 30.3 Å². The van der Waals surface area contributed by atoms with E-state index >= 15 is 0 Å². The molecule has 0 saturated heterocycles. The maximum atomic E-state index is 11.9. The van der Waals surface area contributed by atoms with Gasteiger partial charge < -0.3 is 9.76 Å². The van der Waals surface area contributed by atoms with E-state index in [0.717, 1.165) is 12.0 Å². The number of carbonyl (C=O) groups is 1. The fraction of sp³-hybridized carbons (Fsp3) is 0.133. The van der Waals surface area contributed by atoms with E-state index in [-0.39, 0.29) is 0 Å². The molecule has 4 nitrogen and oxygen atoms in total. The van der Waals surface area contributed by atoms with Gasteiger partial charge >= 0.3 is 13.0 Å². The molecule has 1 aliphatic heterocycles. The molecule has 0 spiro atoms. The molecule has 0 radical (unpaired) electrons. The molecule has 0 aromatic heterocycles. The number of carbonyl (C=O) groups excluding carboxylic acids is 1. The normalized spacial score (nSPS) is 13.0. The van der Waals surface area contributed by atoms with Crippen LogP contribution in [0.2, 0.25) is 16.4 Å². The van der Waals surface area contributed by atoms with Gasteiger partial charge in [-0.05, 0) is 54.1 Å². The van der Waals surface area contributed by atoms with Crippen LogP contribution in [0.4, 0.5) is 10.5 Å².